The Hall–Kier alpha value is -1.17. The number of rotatable bonds is 4. The molecule has 5 nitrogen and oxygen atoms in total. The molecule has 0 aromatic rings. The van der Waals surface area contributed by atoms with Crippen molar-refractivity contribution in [1.82, 2.24) is 5.32 Å². The minimum Gasteiger partial charge on any atom is -0.489 e. The number of ether oxygens (including phenoxy) is 2. The zero-order chi connectivity index (χ0) is 16.3. The maximum atomic E-state index is 11.9. The lowest BCUT2D eigenvalue weighted by Crippen LogP contribution is -2.51. The molecule has 6 heteroatoms. The van der Waals surface area contributed by atoms with Crippen LogP contribution >= 0.6 is 15.9 Å². The first kappa shape index (κ1) is 17.9. The molecule has 0 bridgehead atoms. The van der Waals surface area contributed by atoms with Gasteiger partial charge in [0.1, 0.15) is 23.5 Å². The largest absolute Gasteiger partial charge is 0.489 e. The molecule has 3 N–H and O–H groups in total. The fourth-order valence-corrected chi connectivity index (χ4v) is 2.46. The van der Waals surface area contributed by atoms with Gasteiger partial charge in [-0.3, -0.25) is 0 Å². The van der Waals surface area contributed by atoms with Crippen LogP contribution in [0.1, 0.15) is 47.5 Å². The van der Waals surface area contributed by atoms with Gasteiger partial charge in [-0.1, -0.05) is 29.3 Å². The molecule has 1 heterocycles. The van der Waals surface area contributed by atoms with Crippen LogP contribution in [0.5, 0.6) is 0 Å². The van der Waals surface area contributed by atoms with E-state index in [4.69, 9.17) is 15.2 Å². The Balaban J connectivity index is 2.82. The van der Waals surface area contributed by atoms with E-state index in [-0.39, 0.29) is 6.61 Å². The van der Waals surface area contributed by atoms with Gasteiger partial charge >= 0.3 is 6.09 Å². The number of hydrogen-bond donors (Lipinski definition) is 2. The van der Waals surface area contributed by atoms with Crippen LogP contribution in [0.3, 0.4) is 0 Å². The third kappa shape index (κ3) is 5.26. The quantitative estimate of drug-likeness (QED) is 0.803. The van der Waals surface area contributed by atoms with Crippen molar-refractivity contribution in [3.8, 4) is 0 Å². The molecule has 1 amide bonds. The molecule has 120 valence electrons. The molecule has 21 heavy (non-hydrogen) atoms. The van der Waals surface area contributed by atoms with Crippen molar-refractivity contribution in [2.24, 2.45) is 5.73 Å². The predicted molar refractivity (Wildman–Crippen MR) is 86.9 cm³/mol. The minimum atomic E-state index is -0.756. The summed E-state index contributed by atoms with van der Waals surface area (Å²) in [5.41, 5.74) is 5.33. The average molecular weight is 361 g/mol. The monoisotopic (exact) mass is 360 g/mol. The zero-order valence-electron chi connectivity index (χ0n) is 13.4. The number of carbonyl (C=O) groups is 1. The Labute approximate surface area is 135 Å². The van der Waals surface area contributed by atoms with Gasteiger partial charge in [0, 0.05) is 0 Å². The van der Waals surface area contributed by atoms with Crippen molar-refractivity contribution in [2.45, 2.75) is 58.6 Å². The maximum absolute atomic E-state index is 11.9. The number of carbonyl (C=O) groups excluding carboxylic acids is 1. The van der Waals surface area contributed by atoms with Crippen LogP contribution in [0.15, 0.2) is 22.0 Å². The Morgan fingerprint density at radius 1 is 1.57 bits per heavy atom. The second-order valence-corrected chi connectivity index (χ2v) is 7.39. The SMILES string of the molecule is CCC/C(Br)=C\C1=C(N)C(C)(NC(=O)OC(C)(C)C)CO1. The number of nitrogens with two attached hydrogens (primary N) is 1. The number of halogens is 1. The first-order valence-electron chi connectivity index (χ1n) is 7.07. The van der Waals surface area contributed by atoms with E-state index in [9.17, 15) is 4.79 Å². The van der Waals surface area contributed by atoms with Gasteiger partial charge in [-0.15, -0.1) is 0 Å². The molecule has 1 aliphatic heterocycles. The predicted octanol–water partition coefficient (Wildman–Crippen LogP) is 3.55. The first-order chi connectivity index (χ1) is 9.57. The van der Waals surface area contributed by atoms with Crippen LogP contribution in [0.25, 0.3) is 0 Å². The third-order valence-corrected chi connectivity index (χ3v) is 3.56. The summed E-state index contributed by atoms with van der Waals surface area (Å²) in [5.74, 6) is 0.592. The highest BCUT2D eigenvalue weighted by Crippen LogP contribution is 2.29. The van der Waals surface area contributed by atoms with Crippen LogP contribution < -0.4 is 11.1 Å². The van der Waals surface area contributed by atoms with E-state index in [2.05, 4.69) is 28.2 Å². The van der Waals surface area contributed by atoms with Crippen molar-refractivity contribution < 1.29 is 14.3 Å². The van der Waals surface area contributed by atoms with E-state index >= 15 is 0 Å². The molecule has 0 saturated heterocycles. The molecule has 0 aromatic heterocycles. The second kappa shape index (κ2) is 6.73. The summed E-state index contributed by atoms with van der Waals surface area (Å²) in [6.45, 7) is 9.65. The topological polar surface area (TPSA) is 73.6 Å². The van der Waals surface area contributed by atoms with Gasteiger partial charge in [-0.25, -0.2) is 4.79 Å². The number of allylic oxidation sites excluding steroid dienone is 2. The highest BCUT2D eigenvalue weighted by molar-refractivity contribution is 9.11. The Morgan fingerprint density at radius 2 is 2.19 bits per heavy atom. The van der Waals surface area contributed by atoms with Crippen molar-refractivity contribution in [1.29, 1.82) is 0 Å². The van der Waals surface area contributed by atoms with Crippen LogP contribution in [0.2, 0.25) is 0 Å². The van der Waals surface area contributed by atoms with E-state index in [1.54, 1.807) is 0 Å². The van der Waals surface area contributed by atoms with Gasteiger partial charge in [-0.05, 0) is 44.7 Å². The van der Waals surface area contributed by atoms with E-state index in [1.165, 1.54) is 0 Å². The molecule has 0 radical (unpaired) electrons. The molecule has 0 aliphatic carbocycles. The molecule has 1 rings (SSSR count). The van der Waals surface area contributed by atoms with E-state index in [0.717, 1.165) is 17.3 Å². The first-order valence-corrected chi connectivity index (χ1v) is 7.87. The van der Waals surface area contributed by atoms with Crippen LogP contribution in [-0.2, 0) is 9.47 Å². The molecule has 0 saturated carbocycles. The van der Waals surface area contributed by atoms with Crippen molar-refractivity contribution in [2.75, 3.05) is 6.61 Å². The van der Waals surface area contributed by atoms with E-state index < -0.39 is 17.2 Å². The summed E-state index contributed by atoms with van der Waals surface area (Å²) in [5, 5.41) is 2.78. The third-order valence-electron chi connectivity index (χ3n) is 2.93. The van der Waals surface area contributed by atoms with Crippen molar-refractivity contribution in [3.63, 3.8) is 0 Å². The Bertz CT molecular complexity index is 466. The molecule has 0 fully saturated rings. The van der Waals surface area contributed by atoms with Gasteiger partial charge in [0.15, 0.2) is 0 Å². The highest BCUT2D eigenvalue weighted by Gasteiger charge is 2.39. The Kier molecular flexibility index (Phi) is 5.73. The van der Waals surface area contributed by atoms with E-state index in [0.29, 0.717) is 11.5 Å². The van der Waals surface area contributed by atoms with Crippen LogP contribution in [-0.4, -0.2) is 23.8 Å². The Morgan fingerprint density at radius 3 is 2.71 bits per heavy atom. The molecule has 0 aromatic carbocycles. The maximum Gasteiger partial charge on any atom is 0.408 e. The van der Waals surface area contributed by atoms with E-state index in [1.807, 2.05) is 33.8 Å². The molecular weight excluding hydrogens is 336 g/mol. The zero-order valence-corrected chi connectivity index (χ0v) is 15.0. The normalized spacial score (nSPS) is 23.0. The lowest BCUT2D eigenvalue weighted by Gasteiger charge is -2.27. The molecule has 0 spiro atoms. The van der Waals surface area contributed by atoms with Crippen LogP contribution in [0.4, 0.5) is 4.79 Å². The second-order valence-electron chi connectivity index (χ2n) is 6.37. The van der Waals surface area contributed by atoms with Gasteiger partial charge in [0.2, 0.25) is 0 Å². The number of alkyl carbamates (subject to hydrolysis) is 1. The van der Waals surface area contributed by atoms with Gasteiger partial charge in [0.05, 0.1) is 5.70 Å². The lowest BCUT2D eigenvalue weighted by atomic mass is 10.0. The standard InChI is InChI=1S/C15H25BrN2O3/c1-6-7-10(16)8-11-12(17)15(5,9-20-11)18-13(19)21-14(2,3)4/h8H,6-7,9,17H2,1-5H3,(H,18,19)/b10-8+. The van der Waals surface area contributed by atoms with Crippen LogP contribution in [0, 0.1) is 0 Å². The molecule has 1 atom stereocenters. The molecular formula is C15H25BrN2O3. The minimum absolute atomic E-state index is 0.288. The summed E-state index contributed by atoms with van der Waals surface area (Å²) in [6.07, 6.45) is 3.30. The van der Waals surface area contributed by atoms with Crippen molar-refractivity contribution >= 4 is 22.0 Å². The smallest absolute Gasteiger partial charge is 0.408 e. The summed E-state index contributed by atoms with van der Waals surface area (Å²) >= 11 is 3.48. The molecule has 1 unspecified atom stereocenters. The average Bonchev–Trinajstić information content (AvgIpc) is 2.55. The lowest BCUT2D eigenvalue weighted by molar-refractivity contribution is 0.0457. The van der Waals surface area contributed by atoms with Gasteiger partial charge < -0.3 is 20.5 Å². The number of amides is 1. The summed E-state index contributed by atoms with van der Waals surface area (Å²) in [4.78, 5) is 11.9. The fraction of sp³-hybridized carbons (Fsp3) is 0.667. The fourth-order valence-electron chi connectivity index (χ4n) is 1.85. The summed E-state index contributed by atoms with van der Waals surface area (Å²) in [7, 11) is 0. The van der Waals surface area contributed by atoms with Gasteiger partial charge in [-0.2, -0.15) is 0 Å². The summed E-state index contributed by atoms with van der Waals surface area (Å²) in [6, 6.07) is 0. The van der Waals surface area contributed by atoms with Gasteiger partial charge in [0.25, 0.3) is 0 Å². The summed E-state index contributed by atoms with van der Waals surface area (Å²) < 4.78 is 11.9. The number of nitrogens with one attached hydrogen (secondary N) is 1. The number of hydrogen-bond acceptors (Lipinski definition) is 4. The molecule has 1 aliphatic rings. The van der Waals surface area contributed by atoms with Crippen molar-refractivity contribution in [3.05, 3.63) is 22.0 Å². The highest BCUT2D eigenvalue weighted by atomic mass is 79.9.